The van der Waals surface area contributed by atoms with Gasteiger partial charge in [-0.15, -0.1) is 0 Å². The van der Waals surface area contributed by atoms with Gasteiger partial charge in [0.1, 0.15) is 12.6 Å². The zero-order valence-electron chi connectivity index (χ0n) is 11.0. The van der Waals surface area contributed by atoms with Gasteiger partial charge in [0, 0.05) is 10.7 Å². The molecule has 8 heteroatoms. The molecule has 1 fully saturated rings. The highest BCUT2D eigenvalue weighted by atomic mass is 35.5. The minimum Gasteiger partial charge on any atom is -0.343 e. The predicted octanol–water partition coefficient (Wildman–Crippen LogP) is 2.60. The molecule has 1 N–H and O–H groups in total. The van der Waals surface area contributed by atoms with E-state index in [2.05, 4.69) is 5.32 Å². The van der Waals surface area contributed by atoms with Crippen LogP contribution in [0.1, 0.15) is 18.9 Å². The standard InChI is InChI=1S/C13H12ClF3N2O2/c1-2-10-12(21)19(6-11(20)18-10)9-4-7(13(15,16)17)3-8(14)5-9/h3-5,10H,2,6H2,1H3,(H,18,20). The Kier molecular flexibility index (Phi) is 4.13. The van der Waals surface area contributed by atoms with Gasteiger partial charge in [0.25, 0.3) is 0 Å². The van der Waals surface area contributed by atoms with Crippen molar-refractivity contribution in [1.82, 2.24) is 5.32 Å². The summed E-state index contributed by atoms with van der Waals surface area (Å²) in [5, 5.41) is 2.34. The first kappa shape index (κ1) is 15.6. The summed E-state index contributed by atoms with van der Waals surface area (Å²) in [4.78, 5) is 24.8. The van der Waals surface area contributed by atoms with E-state index in [1.54, 1.807) is 6.92 Å². The molecule has 0 aliphatic carbocycles. The van der Waals surface area contributed by atoms with Gasteiger partial charge in [0.05, 0.1) is 5.56 Å². The molecule has 0 radical (unpaired) electrons. The van der Waals surface area contributed by atoms with Crippen LogP contribution in [0, 0.1) is 0 Å². The van der Waals surface area contributed by atoms with E-state index in [0.717, 1.165) is 17.0 Å². The maximum absolute atomic E-state index is 12.8. The molecule has 21 heavy (non-hydrogen) atoms. The number of alkyl halides is 3. The molecular formula is C13H12ClF3N2O2. The van der Waals surface area contributed by atoms with Crippen molar-refractivity contribution in [3.8, 4) is 0 Å². The van der Waals surface area contributed by atoms with E-state index < -0.39 is 29.6 Å². The number of hydrogen-bond acceptors (Lipinski definition) is 2. The summed E-state index contributed by atoms with van der Waals surface area (Å²) in [5.41, 5.74) is -0.995. The minimum absolute atomic E-state index is 0.0341. The first-order valence-electron chi connectivity index (χ1n) is 6.21. The Morgan fingerprint density at radius 1 is 1.33 bits per heavy atom. The fourth-order valence-corrected chi connectivity index (χ4v) is 2.33. The van der Waals surface area contributed by atoms with Crippen molar-refractivity contribution in [3.63, 3.8) is 0 Å². The fraction of sp³-hybridized carbons (Fsp3) is 0.385. The molecule has 1 aliphatic rings. The molecule has 1 unspecified atom stereocenters. The van der Waals surface area contributed by atoms with Gasteiger partial charge < -0.3 is 10.2 Å². The number of rotatable bonds is 2. The number of carbonyl (C=O) groups excluding carboxylic acids is 2. The van der Waals surface area contributed by atoms with E-state index in [0.29, 0.717) is 6.42 Å². The van der Waals surface area contributed by atoms with Gasteiger partial charge in [-0.25, -0.2) is 0 Å². The summed E-state index contributed by atoms with van der Waals surface area (Å²) in [7, 11) is 0. The van der Waals surface area contributed by atoms with Crippen LogP contribution in [-0.2, 0) is 15.8 Å². The second-order valence-electron chi connectivity index (χ2n) is 4.65. The number of piperazine rings is 1. The second-order valence-corrected chi connectivity index (χ2v) is 5.09. The molecule has 0 saturated carbocycles. The normalized spacial score (nSPS) is 19.7. The first-order chi connectivity index (χ1) is 9.72. The van der Waals surface area contributed by atoms with Gasteiger partial charge in [-0.3, -0.25) is 9.59 Å². The van der Waals surface area contributed by atoms with E-state index >= 15 is 0 Å². The van der Waals surface area contributed by atoms with E-state index in [-0.39, 0.29) is 17.3 Å². The lowest BCUT2D eigenvalue weighted by Gasteiger charge is -2.32. The monoisotopic (exact) mass is 320 g/mol. The summed E-state index contributed by atoms with van der Waals surface area (Å²) >= 11 is 5.69. The predicted molar refractivity (Wildman–Crippen MR) is 71.0 cm³/mol. The maximum Gasteiger partial charge on any atom is 0.416 e. The van der Waals surface area contributed by atoms with Crippen LogP contribution >= 0.6 is 11.6 Å². The second kappa shape index (κ2) is 5.55. The fourth-order valence-electron chi connectivity index (χ4n) is 2.10. The number of nitrogens with one attached hydrogen (secondary N) is 1. The molecule has 0 spiro atoms. The van der Waals surface area contributed by atoms with Gasteiger partial charge in [-0.2, -0.15) is 13.2 Å². The number of anilines is 1. The quantitative estimate of drug-likeness (QED) is 0.910. The van der Waals surface area contributed by atoms with Gasteiger partial charge in [-0.1, -0.05) is 18.5 Å². The van der Waals surface area contributed by atoms with Crippen LogP contribution in [0.5, 0.6) is 0 Å². The summed E-state index contributed by atoms with van der Waals surface area (Å²) in [6, 6.07) is 2.09. The molecule has 2 rings (SSSR count). The third kappa shape index (κ3) is 3.29. The number of nitrogens with zero attached hydrogens (tertiary/aromatic N) is 1. The molecule has 1 aliphatic heterocycles. The molecule has 4 nitrogen and oxygen atoms in total. The number of amides is 2. The van der Waals surface area contributed by atoms with Crippen molar-refractivity contribution in [2.45, 2.75) is 25.6 Å². The Morgan fingerprint density at radius 3 is 2.57 bits per heavy atom. The van der Waals surface area contributed by atoms with Crippen molar-refractivity contribution in [3.05, 3.63) is 28.8 Å². The SMILES string of the molecule is CCC1NC(=O)CN(c2cc(Cl)cc(C(F)(F)F)c2)C1=O. The molecule has 1 aromatic rings. The van der Waals surface area contributed by atoms with Crippen LogP contribution < -0.4 is 10.2 Å². The molecular weight excluding hydrogens is 309 g/mol. The molecule has 1 atom stereocenters. The smallest absolute Gasteiger partial charge is 0.343 e. The van der Waals surface area contributed by atoms with Crippen molar-refractivity contribution >= 4 is 29.1 Å². The van der Waals surface area contributed by atoms with Crippen LogP contribution in [0.25, 0.3) is 0 Å². The van der Waals surface area contributed by atoms with E-state index in [1.807, 2.05) is 0 Å². The highest BCUT2D eigenvalue weighted by Crippen LogP contribution is 2.34. The van der Waals surface area contributed by atoms with Crippen molar-refractivity contribution in [2.75, 3.05) is 11.4 Å². The highest BCUT2D eigenvalue weighted by Gasteiger charge is 2.35. The molecule has 1 aromatic carbocycles. The summed E-state index contributed by atoms with van der Waals surface area (Å²) in [6.07, 6.45) is -4.22. The number of benzene rings is 1. The molecule has 114 valence electrons. The van der Waals surface area contributed by atoms with E-state index in [9.17, 15) is 22.8 Å². The summed E-state index contributed by atoms with van der Waals surface area (Å²) in [5.74, 6) is -0.873. The Balaban J connectivity index is 2.43. The maximum atomic E-state index is 12.8. The number of hydrogen-bond donors (Lipinski definition) is 1. The van der Waals surface area contributed by atoms with Gasteiger partial charge in [0.2, 0.25) is 11.8 Å². The van der Waals surface area contributed by atoms with Crippen LogP contribution in [0.15, 0.2) is 18.2 Å². The van der Waals surface area contributed by atoms with Gasteiger partial charge in [-0.05, 0) is 24.6 Å². The third-order valence-corrected chi connectivity index (χ3v) is 3.35. The summed E-state index contributed by atoms with van der Waals surface area (Å²) < 4.78 is 38.4. The average Bonchev–Trinajstić information content (AvgIpc) is 2.39. The summed E-state index contributed by atoms with van der Waals surface area (Å²) in [6.45, 7) is 1.37. The van der Waals surface area contributed by atoms with E-state index in [4.69, 9.17) is 11.6 Å². The minimum atomic E-state index is -4.58. The van der Waals surface area contributed by atoms with Crippen molar-refractivity contribution < 1.29 is 22.8 Å². The largest absolute Gasteiger partial charge is 0.416 e. The molecule has 0 bridgehead atoms. The third-order valence-electron chi connectivity index (χ3n) is 3.13. The Bertz CT molecular complexity index is 589. The van der Waals surface area contributed by atoms with Crippen molar-refractivity contribution in [2.24, 2.45) is 0 Å². The van der Waals surface area contributed by atoms with E-state index in [1.165, 1.54) is 6.07 Å². The van der Waals surface area contributed by atoms with Gasteiger partial charge in [0.15, 0.2) is 0 Å². The van der Waals surface area contributed by atoms with Crippen LogP contribution in [0.3, 0.4) is 0 Å². The zero-order chi connectivity index (χ0) is 15.8. The first-order valence-corrected chi connectivity index (χ1v) is 6.58. The molecule has 1 saturated heterocycles. The lowest BCUT2D eigenvalue weighted by molar-refractivity contribution is -0.137. The lowest BCUT2D eigenvalue weighted by atomic mass is 10.1. The highest BCUT2D eigenvalue weighted by molar-refractivity contribution is 6.31. The Hall–Kier alpha value is -1.76. The van der Waals surface area contributed by atoms with Crippen LogP contribution in [0.4, 0.5) is 18.9 Å². The van der Waals surface area contributed by atoms with Gasteiger partial charge >= 0.3 is 6.18 Å². The molecule has 1 heterocycles. The zero-order valence-corrected chi connectivity index (χ0v) is 11.8. The topological polar surface area (TPSA) is 49.4 Å². The molecule has 0 aromatic heterocycles. The number of carbonyl (C=O) groups is 2. The van der Waals surface area contributed by atoms with Crippen LogP contribution in [0.2, 0.25) is 5.02 Å². The molecule has 2 amide bonds. The average molecular weight is 321 g/mol. The Labute approximate surface area is 123 Å². The lowest BCUT2D eigenvalue weighted by Crippen LogP contribution is -2.58. The Morgan fingerprint density at radius 2 is 2.00 bits per heavy atom. The van der Waals surface area contributed by atoms with Crippen molar-refractivity contribution in [1.29, 1.82) is 0 Å². The van der Waals surface area contributed by atoms with Crippen LogP contribution in [-0.4, -0.2) is 24.4 Å². The number of halogens is 4.